The van der Waals surface area contributed by atoms with Gasteiger partial charge in [-0.3, -0.25) is 0 Å². The summed E-state index contributed by atoms with van der Waals surface area (Å²) in [4.78, 5) is 24.8. The molecule has 2 amide bonds. The summed E-state index contributed by atoms with van der Waals surface area (Å²) in [5.74, 6) is 1.27. The van der Waals surface area contributed by atoms with Crippen LogP contribution in [0, 0.1) is 0 Å². The molecule has 9 nitrogen and oxygen atoms in total. The first-order chi connectivity index (χ1) is 13.5. The van der Waals surface area contributed by atoms with Crippen molar-refractivity contribution in [2.45, 2.75) is 19.9 Å². The third kappa shape index (κ3) is 4.49. The van der Waals surface area contributed by atoms with Gasteiger partial charge in [0, 0.05) is 18.5 Å². The Labute approximate surface area is 171 Å². The number of anilines is 1. The van der Waals surface area contributed by atoms with Crippen molar-refractivity contribution in [2.75, 3.05) is 11.9 Å². The number of carbonyl (C=O) groups is 1. The van der Waals surface area contributed by atoms with Crippen LogP contribution in [-0.4, -0.2) is 37.4 Å². The minimum atomic E-state index is -0.488. The number of amides is 2. The Bertz CT molecular complexity index is 965. The van der Waals surface area contributed by atoms with Crippen molar-refractivity contribution < 1.29 is 9.53 Å². The Kier molecular flexibility index (Phi) is 6.27. The van der Waals surface area contributed by atoms with Crippen LogP contribution < -0.4 is 15.4 Å². The molecule has 0 saturated carbocycles. The summed E-state index contributed by atoms with van der Waals surface area (Å²) in [6.07, 6.45) is 4.55. The van der Waals surface area contributed by atoms with Gasteiger partial charge in [-0.25, -0.2) is 19.7 Å². The molecule has 28 heavy (non-hydrogen) atoms. The fourth-order valence-corrected chi connectivity index (χ4v) is 2.83. The summed E-state index contributed by atoms with van der Waals surface area (Å²) in [5, 5.41) is 10.2. The van der Waals surface area contributed by atoms with E-state index in [9.17, 15) is 4.79 Å². The monoisotopic (exact) mass is 421 g/mol. The lowest BCUT2D eigenvalue weighted by molar-refractivity contribution is 0.248. The number of nitrogens with zero attached hydrogens (tertiary/aromatic N) is 5. The van der Waals surface area contributed by atoms with E-state index in [0.717, 1.165) is 0 Å². The molecule has 0 radical (unpaired) electrons. The molecule has 0 bridgehead atoms. The smallest absolute Gasteiger partial charge is 0.319 e. The van der Waals surface area contributed by atoms with Crippen LogP contribution in [0.15, 0.2) is 36.9 Å². The van der Waals surface area contributed by atoms with E-state index in [1.165, 1.54) is 17.1 Å². The molecule has 1 atom stereocenters. The molecule has 2 aromatic heterocycles. The van der Waals surface area contributed by atoms with Gasteiger partial charge in [-0.1, -0.05) is 23.2 Å². The van der Waals surface area contributed by atoms with Crippen molar-refractivity contribution >= 4 is 34.9 Å². The fraction of sp³-hybridized carbons (Fsp3) is 0.235. The van der Waals surface area contributed by atoms with E-state index >= 15 is 0 Å². The van der Waals surface area contributed by atoms with E-state index in [4.69, 9.17) is 27.9 Å². The first-order valence-electron chi connectivity index (χ1n) is 8.36. The average molecular weight is 422 g/mol. The van der Waals surface area contributed by atoms with Gasteiger partial charge in [-0.2, -0.15) is 9.78 Å². The van der Waals surface area contributed by atoms with Crippen molar-refractivity contribution in [3.05, 3.63) is 52.8 Å². The van der Waals surface area contributed by atoms with Crippen molar-refractivity contribution in [1.29, 1.82) is 0 Å². The molecule has 3 rings (SSSR count). The van der Waals surface area contributed by atoms with E-state index in [2.05, 4.69) is 30.7 Å². The molecule has 0 fully saturated rings. The van der Waals surface area contributed by atoms with Gasteiger partial charge in [0.2, 0.25) is 0 Å². The molecule has 0 aliphatic rings. The Hall–Kier alpha value is -2.91. The molecule has 1 aromatic carbocycles. The number of hydrogen-bond donors (Lipinski definition) is 2. The molecule has 2 N–H and O–H groups in total. The van der Waals surface area contributed by atoms with Crippen LogP contribution in [0.25, 0.3) is 5.95 Å². The molecule has 1 unspecified atom stereocenters. The largest absolute Gasteiger partial charge is 0.492 e. The number of nitrogens with one attached hydrogen (secondary N) is 2. The highest BCUT2D eigenvalue weighted by Crippen LogP contribution is 2.34. The fourth-order valence-electron chi connectivity index (χ4n) is 2.41. The van der Waals surface area contributed by atoms with E-state index in [0.29, 0.717) is 39.9 Å². The highest BCUT2D eigenvalue weighted by molar-refractivity contribution is 6.36. The lowest BCUT2D eigenvalue weighted by atomic mass is 10.3. The van der Waals surface area contributed by atoms with Crippen molar-refractivity contribution in [3.8, 4) is 11.7 Å². The third-order valence-corrected chi connectivity index (χ3v) is 4.23. The maximum absolute atomic E-state index is 12.4. The maximum Gasteiger partial charge on any atom is 0.319 e. The number of carbonyl (C=O) groups excluding carboxylic acids is 1. The van der Waals surface area contributed by atoms with Gasteiger partial charge >= 0.3 is 6.03 Å². The lowest BCUT2D eigenvalue weighted by Gasteiger charge is -2.16. The molecule has 146 valence electrons. The van der Waals surface area contributed by atoms with Crippen molar-refractivity contribution in [1.82, 2.24) is 30.0 Å². The highest BCUT2D eigenvalue weighted by atomic mass is 35.5. The van der Waals surface area contributed by atoms with Gasteiger partial charge in [-0.15, -0.1) is 0 Å². The number of aromatic nitrogens is 5. The first-order valence-corrected chi connectivity index (χ1v) is 9.11. The van der Waals surface area contributed by atoms with Gasteiger partial charge in [0.05, 0.1) is 28.4 Å². The number of benzene rings is 1. The van der Waals surface area contributed by atoms with E-state index in [1.54, 1.807) is 31.5 Å². The standard InChI is InChI=1S/C17H17Cl2N7O2/c1-3-28-14-8-11(18)13(7-12(14)19)25-17(27)24-10(2)15-22-9-23-26(15)16-20-5-4-6-21-16/h4-10H,3H2,1-2H3,(H2,24,25,27). The minimum absolute atomic E-state index is 0.302. The summed E-state index contributed by atoms with van der Waals surface area (Å²) in [7, 11) is 0. The van der Waals surface area contributed by atoms with Gasteiger partial charge in [0.15, 0.2) is 5.82 Å². The summed E-state index contributed by atoms with van der Waals surface area (Å²) < 4.78 is 6.82. The second kappa shape index (κ2) is 8.85. The molecule has 0 aliphatic heterocycles. The second-order valence-corrected chi connectivity index (χ2v) is 6.41. The quantitative estimate of drug-likeness (QED) is 0.628. The maximum atomic E-state index is 12.4. The Morgan fingerprint density at radius 3 is 2.68 bits per heavy atom. The second-order valence-electron chi connectivity index (χ2n) is 5.59. The lowest BCUT2D eigenvalue weighted by Crippen LogP contribution is -2.32. The molecule has 0 saturated heterocycles. The van der Waals surface area contributed by atoms with Gasteiger partial charge in [-0.05, 0) is 26.0 Å². The number of rotatable bonds is 6. The summed E-state index contributed by atoms with van der Waals surface area (Å²) in [6, 6.07) is 3.80. The zero-order valence-corrected chi connectivity index (χ0v) is 16.6. The van der Waals surface area contributed by atoms with Crippen LogP contribution in [0.4, 0.5) is 10.5 Å². The Balaban J connectivity index is 1.71. The molecule has 2 heterocycles. The zero-order valence-electron chi connectivity index (χ0n) is 15.1. The van der Waals surface area contributed by atoms with Crippen LogP contribution in [0.3, 0.4) is 0 Å². The SMILES string of the molecule is CCOc1cc(Cl)c(NC(=O)NC(C)c2ncnn2-c2ncccn2)cc1Cl. The van der Waals surface area contributed by atoms with Crippen LogP contribution in [-0.2, 0) is 0 Å². The molecular weight excluding hydrogens is 405 g/mol. The Morgan fingerprint density at radius 2 is 1.96 bits per heavy atom. The molecule has 0 spiro atoms. The van der Waals surface area contributed by atoms with E-state index in [1.807, 2.05) is 6.92 Å². The predicted molar refractivity (Wildman–Crippen MR) is 105 cm³/mol. The van der Waals surface area contributed by atoms with Crippen LogP contribution in [0.5, 0.6) is 5.75 Å². The van der Waals surface area contributed by atoms with Gasteiger partial charge in [0.1, 0.15) is 12.1 Å². The highest BCUT2D eigenvalue weighted by Gasteiger charge is 2.19. The van der Waals surface area contributed by atoms with Crippen molar-refractivity contribution in [2.24, 2.45) is 0 Å². The molecule has 0 aliphatic carbocycles. The van der Waals surface area contributed by atoms with Crippen molar-refractivity contribution in [3.63, 3.8) is 0 Å². The average Bonchev–Trinajstić information content (AvgIpc) is 3.16. The summed E-state index contributed by atoms with van der Waals surface area (Å²) in [6.45, 7) is 4.05. The minimum Gasteiger partial charge on any atom is -0.492 e. The topological polar surface area (TPSA) is 107 Å². The number of urea groups is 1. The first kappa shape index (κ1) is 19.8. The number of ether oxygens (including phenoxy) is 1. The van der Waals surface area contributed by atoms with Crippen LogP contribution in [0.2, 0.25) is 10.0 Å². The summed E-state index contributed by atoms with van der Waals surface area (Å²) in [5.41, 5.74) is 0.354. The van der Waals surface area contributed by atoms with E-state index in [-0.39, 0.29) is 0 Å². The third-order valence-electron chi connectivity index (χ3n) is 3.62. The zero-order chi connectivity index (χ0) is 20.1. The van der Waals surface area contributed by atoms with Crippen LogP contribution in [0.1, 0.15) is 25.7 Å². The molecule has 11 heteroatoms. The van der Waals surface area contributed by atoms with Gasteiger partial charge < -0.3 is 15.4 Å². The van der Waals surface area contributed by atoms with E-state index < -0.39 is 12.1 Å². The number of hydrogen-bond acceptors (Lipinski definition) is 6. The predicted octanol–water partition coefficient (Wildman–Crippen LogP) is 3.65. The van der Waals surface area contributed by atoms with Crippen LogP contribution >= 0.6 is 23.2 Å². The Morgan fingerprint density at radius 1 is 1.21 bits per heavy atom. The number of halogens is 2. The summed E-state index contributed by atoms with van der Waals surface area (Å²) >= 11 is 12.3. The van der Waals surface area contributed by atoms with Gasteiger partial charge in [0.25, 0.3) is 5.95 Å². The molecular formula is C17H17Cl2N7O2. The normalized spacial score (nSPS) is 11.7. The molecule has 3 aromatic rings.